The molecule has 69 heavy (non-hydrogen) atoms. The first-order chi connectivity index (χ1) is 33.0. The second-order valence-corrected chi connectivity index (χ2v) is 25.6. The zero-order chi connectivity index (χ0) is 47.9. The molecule has 0 radical (unpaired) electrons. The minimum absolute atomic E-state index is 0.0239. The Bertz CT molecular complexity index is 3240. The van der Waals surface area contributed by atoms with Gasteiger partial charge in [-0.25, -0.2) is 8.42 Å². The maximum atomic E-state index is 14.4. The Balaban J connectivity index is 0.826. The Morgan fingerprint density at radius 3 is 1.43 bits per heavy atom. The number of nitrogens with zero attached hydrogens (tertiary/aromatic N) is 5. The third-order valence-corrected chi connectivity index (χ3v) is 20.9. The van der Waals surface area contributed by atoms with Crippen molar-refractivity contribution in [2.24, 2.45) is 44.3 Å². The number of amides is 2. The Hall–Kier alpha value is -5.91. The summed E-state index contributed by atoms with van der Waals surface area (Å²) >= 11 is 1.91. The molecule has 22 heteroatoms. The number of aliphatic hydroxyl groups excluding tert-OH is 2. The number of nitrogens with one attached hydrogen (secondary N) is 2. The molecule has 4 N–H and O–H groups in total. The number of thiophene rings is 2. The number of aliphatic hydroxyl groups is 2. The number of hydrogen-bond donors (Lipinski definition) is 4. The van der Waals surface area contributed by atoms with Gasteiger partial charge in [0, 0.05) is 61.2 Å². The average Bonchev–Trinajstić information content (AvgIpc) is 4.18. The van der Waals surface area contributed by atoms with Crippen molar-refractivity contribution in [1.82, 2.24) is 14.1 Å². The number of sulfonamides is 3. The molecule has 8 atom stereocenters. The molecule has 8 aliphatic rings. The highest BCUT2D eigenvalue weighted by Gasteiger charge is 2.57. The molecule has 4 bridgehead atoms. The maximum absolute atomic E-state index is 14.4. The molecule has 2 fully saturated rings. The summed E-state index contributed by atoms with van der Waals surface area (Å²) in [5, 5.41) is 32.6. The number of anilines is 2. The molecule has 6 heterocycles. The van der Waals surface area contributed by atoms with E-state index in [-0.39, 0.29) is 114 Å². The summed E-state index contributed by atoms with van der Waals surface area (Å²) in [7, 11) is -13.4. The minimum atomic E-state index is -4.62. The molecule has 2 amide bonds. The number of carbonyl (C=O) groups is 2. The summed E-state index contributed by atoms with van der Waals surface area (Å²) in [4.78, 5) is 31.6. The smallest absolute Gasteiger partial charge is 0.287 e. The van der Waals surface area contributed by atoms with Gasteiger partial charge in [0.2, 0.25) is 10.0 Å². The van der Waals surface area contributed by atoms with Crippen molar-refractivity contribution in [1.29, 1.82) is 0 Å². The summed E-state index contributed by atoms with van der Waals surface area (Å²) < 4.78 is 92.9. The van der Waals surface area contributed by atoms with Gasteiger partial charge >= 0.3 is 0 Å². The first-order valence-corrected chi connectivity index (χ1v) is 28.8. The lowest BCUT2D eigenvalue weighted by atomic mass is 9.80. The topological polar surface area (TPSA) is 236 Å². The number of hydrogen-bond acceptors (Lipinski definition) is 14. The second-order valence-electron chi connectivity index (χ2n) is 18.7. The lowest BCUT2D eigenvalue weighted by Gasteiger charge is -2.42. The monoisotopic (exact) mass is 1030 g/mol. The molecule has 0 spiro atoms. The van der Waals surface area contributed by atoms with E-state index in [1.165, 1.54) is 10.8 Å². The van der Waals surface area contributed by atoms with Gasteiger partial charge in [0.15, 0.2) is 11.7 Å². The first-order valence-electron chi connectivity index (χ1n) is 22.3. The van der Waals surface area contributed by atoms with Crippen LogP contribution in [0.3, 0.4) is 0 Å². The van der Waals surface area contributed by atoms with Crippen molar-refractivity contribution >= 4 is 86.2 Å². The number of carbonyl (C=O) groups excluding carboxylic acids is 2. The van der Waals surface area contributed by atoms with Crippen molar-refractivity contribution < 1.29 is 45.1 Å². The van der Waals surface area contributed by atoms with Gasteiger partial charge in [-0.3, -0.25) is 9.59 Å². The van der Waals surface area contributed by atoms with Crippen LogP contribution in [0.25, 0.3) is 0 Å². The Labute approximate surface area is 405 Å². The Morgan fingerprint density at radius 1 is 0.652 bits per heavy atom. The highest BCUT2D eigenvalue weighted by atomic mass is 32.2. The standard InChI is InChI=1S/C47H43N7O10S5/c1-67(59,60)52(20-30-22-65-44-40(30)68(61,62)50-42(48-44)34-38(55)32-26-12-14-28(16-26)36(32)53(46(34)57)18-24-8-4-2-5-9-24)21-31-23-66-45-41(31)69(63,64)51-43(49-45)35-39(56)33-27-13-15-29(17-27)37(33)54(47(35)58)19-25-10-6-3-7-11-25/h2-15,22-23,26-29,32-33,36-37,55-56H,16-21H2,1H3,(H,48,50)(H,49,51). The number of amidine groups is 2. The summed E-state index contributed by atoms with van der Waals surface area (Å²) in [6, 6.07) is 18.1. The summed E-state index contributed by atoms with van der Waals surface area (Å²) in [6.07, 6.45) is 10.6. The number of allylic oxidation sites excluding steroid dienone is 2. The van der Waals surface area contributed by atoms with Gasteiger partial charge in [0.1, 0.15) is 42.5 Å². The summed E-state index contributed by atoms with van der Waals surface area (Å²) in [5.74, 6) is -3.27. The summed E-state index contributed by atoms with van der Waals surface area (Å²) in [6.45, 7) is -0.549. The molecular weight excluding hydrogens is 983 g/mol. The van der Waals surface area contributed by atoms with Crippen LogP contribution in [0, 0.1) is 35.5 Å². The van der Waals surface area contributed by atoms with E-state index in [0.29, 0.717) is 0 Å². The molecule has 2 aromatic carbocycles. The van der Waals surface area contributed by atoms with Gasteiger partial charge in [-0.15, -0.1) is 31.5 Å². The van der Waals surface area contributed by atoms with E-state index < -0.39 is 66.8 Å². The largest absolute Gasteiger partial charge is 0.511 e. The van der Waals surface area contributed by atoms with Crippen LogP contribution in [0.15, 0.2) is 137 Å². The van der Waals surface area contributed by atoms with Gasteiger partial charge in [-0.05, 0) is 58.4 Å². The van der Waals surface area contributed by atoms with Crippen molar-refractivity contribution in [3.8, 4) is 0 Å². The lowest BCUT2D eigenvalue weighted by molar-refractivity contribution is -0.133. The SMILES string of the molecule is CS(=O)(=O)N(Cc1csc2c1S(=O)(=O)N=C(C1=C(O)C3C4C=CC(C4)C3N(Cc3ccccc3)C1=O)N2)Cc1csc2c1S(=O)(=O)N=C(C1=C(O)C3C4C=CC(C4)C3N(Cc3ccccc3)C1=O)N2. The van der Waals surface area contributed by atoms with Crippen molar-refractivity contribution in [2.75, 3.05) is 16.9 Å². The number of benzene rings is 2. The molecule has 4 aliphatic heterocycles. The van der Waals surface area contributed by atoms with E-state index in [0.717, 1.165) is 57.2 Å². The Morgan fingerprint density at radius 2 is 1.04 bits per heavy atom. The lowest BCUT2D eigenvalue weighted by Crippen LogP contribution is -2.53. The molecule has 4 aliphatic carbocycles. The third-order valence-electron chi connectivity index (χ3n) is 14.7. The fraction of sp³-hybridized carbons (Fsp3) is 0.319. The van der Waals surface area contributed by atoms with Crippen LogP contribution < -0.4 is 10.6 Å². The normalized spacial score (nSPS) is 28.9. The Kier molecular flexibility index (Phi) is 10.1. The number of fused-ring (bicyclic) bond motifs is 12. The van der Waals surface area contributed by atoms with Gasteiger partial charge < -0.3 is 30.6 Å². The van der Waals surface area contributed by atoms with Crippen LogP contribution in [0.2, 0.25) is 0 Å². The fourth-order valence-electron chi connectivity index (χ4n) is 11.8. The predicted octanol–water partition coefficient (Wildman–Crippen LogP) is 5.89. The average molecular weight is 1030 g/mol. The van der Waals surface area contributed by atoms with E-state index in [2.05, 4.69) is 31.6 Å². The van der Waals surface area contributed by atoms with E-state index in [9.17, 15) is 45.1 Å². The van der Waals surface area contributed by atoms with Gasteiger partial charge in [-0.2, -0.15) is 21.1 Å². The molecule has 2 aromatic heterocycles. The number of rotatable bonds is 11. The van der Waals surface area contributed by atoms with Gasteiger partial charge in [0.25, 0.3) is 31.9 Å². The van der Waals surface area contributed by atoms with Crippen LogP contribution in [0.5, 0.6) is 0 Å². The van der Waals surface area contributed by atoms with Crippen LogP contribution in [0.1, 0.15) is 35.1 Å². The molecule has 8 unspecified atom stereocenters. The van der Waals surface area contributed by atoms with Crippen LogP contribution >= 0.6 is 22.7 Å². The van der Waals surface area contributed by atoms with Gasteiger partial charge in [0.05, 0.1) is 6.26 Å². The highest BCUT2D eigenvalue weighted by molar-refractivity contribution is 7.91. The maximum Gasteiger partial charge on any atom is 0.287 e. The van der Waals surface area contributed by atoms with E-state index in [1.807, 2.05) is 72.8 Å². The zero-order valence-electron chi connectivity index (χ0n) is 36.5. The van der Waals surface area contributed by atoms with Crippen molar-refractivity contribution in [3.63, 3.8) is 0 Å². The predicted molar refractivity (Wildman–Crippen MR) is 259 cm³/mol. The van der Waals surface area contributed by atoms with Crippen LogP contribution in [-0.4, -0.2) is 91.4 Å². The van der Waals surface area contributed by atoms with Crippen molar-refractivity contribution in [2.45, 2.75) is 60.9 Å². The molecule has 4 aromatic rings. The second kappa shape index (κ2) is 15.8. The molecule has 0 saturated heterocycles. The van der Waals surface area contributed by atoms with Gasteiger partial charge in [-0.1, -0.05) is 85.0 Å². The molecule has 17 nitrogen and oxygen atoms in total. The van der Waals surface area contributed by atoms with E-state index in [4.69, 9.17) is 0 Å². The van der Waals surface area contributed by atoms with Crippen molar-refractivity contribution in [3.05, 3.63) is 141 Å². The zero-order valence-corrected chi connectivity index (χ0v) is 40.6. The summed E-state index contributed by atoms with van der Waals surface area (Å²) in [5.41, 5.74) is 1.34. The first kappa shape index (κ1) is 44.3. The fourth-order valence-corrected chi connectivity index (χ4v) is 17.8. The molecule has 2 saturated carbocycles. The third kappa shape index (κ3) is 7.07. The quantitative estimate of drug-likeness (QED) is 0.129. The van der Waals surface area contributed by atoms with Crippen LogP contribution in [-0.2, 0) is 65.8 Å². The van der Waals surface area contributed by atoms with E-state index >= 15 is 0 Å². The highest BCUT2D eigenvalue weighted by Crippen LogP contribution is 2.54. The molecule has 356 valence electrons. The van der Waals surface area contributed by atoms with E-state index in [1.54, 1.807) is 9.80 Å². The molecule has 12 rings (SSSR count). The minimum Gasteiger partial charge on any atom is -0.511 e. The van der Waals surface area contributed by atoms with Crippen LogP contribution in [0.4, 0.5) is 10.0 Å². The molecular formula is C47H43N7O10S5.